The Balaban J connectivity index is 1.63. The molecule has 4 heterocycles. The van der Waals surface area contributed by atoms with Crippen LogP contribution in [0.3, 0.4) is 0 Å². The molecule has 2 aromatic carbocycles. The van der Waals surface area contributed by atoms with Crippen LogP contribution in [-0.2, 0) is 10.3 Å². The summed E-state index contributed by atoms with van der Waals surface area (Å²) in [4.78, 5) is 34.7. The van der Waals surface area contributed by atoms with Crippen LogP contribution < -0.4 is 5.32 Å². The predicted molar refractivity (Wildman–Crippen MR) is 131 cm³/mol. The molecule has 0 bridgehead atoms. The summed E-state index contributed by atoms with van der Waals surface area (Å²) in [6.45, 7) is 2.02. The third kappa shape index (κ3) is 2.94. The van der Waals surface area contributed by atoms with E-state index in [1.165, 1.54) is 0 Å². The Morgan fingerprint density at radius 1 is 1.21 bits per heavy atom. The second-order valence-electron chi connectivity index (χ2n) is 8.97. The van der Waals surface area contributed by atoms with E-state index in [2.05, 4.69) is 21.3 Å². The minimum Gasteiger partial charge on any atom is -0.324 e. The Bertz CT molecular complexity index is 1270. The van der Waals surface area contributed by atoms with E-state index in [1.54, 1.807) is 24.5 Å². The van der Waals surface area contributed by atoms with E-state index < -0.39 is 11.5 Å². The third-order valence-corrected chi connectivity index (χ3v) is 8.55. The highest BCUT2D eigenvalue weighted by Gasteiger charge is 2.69. The average Bonchev–Trinajstić information content (AvgIpc) is 3.48. The number of nitrogens with one attached hydrogen (secondary N) is 1. The second-order valence-corrected chi connectivity index (χ2v) is 10.4. The number of hydrogen-bond acceptors (Lipinski definition) is 5. The largest absolute Gasteiger partial charge is 0.324 e. The van der Waals surface area contributed by atoms with Gasteiger partial charge in [0.25, 0.3) is 0 Å². The van der Waals surface area contributed by atoms with Gasteiger partial charge in [-0.05, 0) is 42.8 Å². The standard InChI is InChI=1S/C26H22ClN3O2S/c1-15-4-9-20-19(11-15)26(25(32)29-20)23(24(31)17-3-2-10-28-12-17)22(21-13-33-14-30(21)26)16-5-7-18(27)8-6-16/h2-12,21-23H,13-14H2,1H3,(H,29,32)/t21-,22+,23-,26+/m0/s1. The molecule has 3 aromatic rings. The highest BCUT2D eigenvalue weighted by atomic mass is 35.5. The summed E-state index contributed by atoms with van der Waals surface area (Å²) in [5, 5.41) is 3.76. The van der Waals surface area contributed by atoms with Gasteiger partial charge in [0.05, 0.1) is 5.92 Å². The van der Waals surface area contributed by atoms with Crippen LogP contribution in [0.2, 0.25) is 5.02 Å². The Labute approximate surface area is 201 Å². The van der Waals surface area contributed by atoms with Crippen molar-refractivity contribution in [1.29, 1.82) is 0 Å². The van der Waals surface area contributed by atoms with Gasteiger partial charge in [-0.15, -0.1) is 11.8 Å². The van der Waals surface area contributed by atoms with Crippen molar-refractivity contribution in [3.8, 4) is 0 Å². The normalized spacial score (nSPS) is 28.1. The molecule has 3 aliphatic rings. The van der Waals surface area contributed by atoms with Gasteiger partial charge in [0.15, 0.2) is 5.78 Å². The van der Waals surface area contributed by atoms with Gasteiger partial charge in [-0.2, -0.15) is 0 Å². The van der Waals surface area contributed by atoms with E-state index in [1.807, 2.05) is 55.1 Å². The van der Waals surface area contributed by atoms with Crippen LogP contribution in [0.4, 0.5) is 5.69 Å². The van der Waals surface area contributed by atoms with Crippen molar-refractivity contribution in [2.24, 2.45) is 5.92 Å². The number of pyridine rings is 1. The third-order valence-electron chi connectivity index (χ3n) is 7.26. The van der Waals surface area contributed by atoms with Gasteiger partial charge in [-0.25, -0.2) is 0 Å². The fraction of sp³-hybridized carbons (Fsp3) is 0.269. The maximum absolute atomic E-state index is 14.3. The number of carbonyl (C=O) groups excluding carboxylic acids is 2. The maximum atomic E-state index is 14.3. The molecule has 0 aliphatic carbocycles. The van der Waals surface area contributed by atoms with Crippen LogP contribution in [0.25, 0.3) is 0 Å². The summed E-state index contributed by atoms with van der Waals surface area (Å²) in [6, 6.07) is 17.4. The number of aromatic nitrogens is 1. The highest BCUT2D eigenvalue weighted by Crippen LogP contribution is 2.61. The van der Waals surface area contributed by atoms with Gasteiger partial charge >= 0.3 is 0 Å². The number of Topliss-reactive ketones (excluding diaryl/α,β-unsaturated/α-hetero) is 1. The number of rotatable bonds is 3. The summed E-state index contributed by atoms with van der Waals surface area (Å²) in [5.41, 5.74) is 3.26. The fourth-order valence-electron chi connectivity index (χ4n) is 5.94. The number of nitrogens with zero attached hydrogens (tertiary/aromatic N) is 2. The lowest BCUT2D eigenvalue weighted by atomic mass is 9.69. The monoisotopic (exact) mass is 475 g/mol. The summed E-state index contributed by atoms with van der Waals surface area (Å²) in [6.07, 6.45) is 3.27. The van der Waals surface area contributed by atoms with Gasteiger partial charge in [-0.3, -0.25) is 19.5 Å². The van der Waals surface area contributed by atoms with Crippen LogP contribution in [0.5, 0.6) is 0 Å². The predicted octanol–water partition coefficient (Wildman–Crippen LogP) is 4.86. The molecule has 1 amide bonds. The number of anilines is 1. The number of carbonyl (C=O) groups is 2. The van der Waals surface area contributed by atoms with Crippen molar-refractivity contribution >= 4 is 40.7 Å². The van der Waals surface area contributed by atoms with Gasteiger partial charge < -0.3 is 5.32 Å². The summed E-state index contributed by atoms with van der Waals surface area (Å²) < 4.78 is 0. The van der Waals surface area contributed by atoms with Crippen LogP contribution in [-0.4, -0.2) is 39.2 Å². The molecule has 7 heteroatoms. The summed E-state index contributed by atoms with van der Waals surface area (Å²) in [5.74, 6) is 0.660. The molecule has 2 saturated heterocycles. The van der Waals surface area contributed by atoms with Gasteiger partial charge in [0.2, 0.25) is 5.91 Å². The molecule has 1 spiro atoms. The molecule has 6 rings (SSSR count). The number of amides is 1. The van der Waals surface area contributed by atoms with E-state index in [9.17, 15) is 9.59 Å². The zero-order valence-electron chi connectivity index (χ0n) is 18.0. The molecule has 33 heavy (non-hydrogen) atoms. The second kappa shape index (κ2) is 7.69. The van der Waals surface area contributed by atoms with E-state index in [0.717, 1.165) is 28.1 Å². The lowest BCUT2D eigenvalue weighted by Crippen LogP contribution is -2.52. The van der Waals surface area contributed by atoms with Crippen molar-refractivity contribution in [2.45, 2.75) is 24.4 Å². The first-order valence-electron chi connectivity index (χ1n) is 11.0. The number of ketones is 1. The van der Waals surface area contributed by atoms with Crippen LogP contribution >= 0.6 is 23.4 Å². The lowest BCUT2D eigenvalue weighted by Gasteiger charge is -2.36. The molecule has 0 saturated carbocycles. The van der Waals surface area contributed by atoms with E-state index >= 15 is 0 Å². The molecule has 3 aliphatic heterocycles. The Kier molecular flexibility index (Phi) is 4.87. The molecule has 1 aromatic heterocycles. The Morgan fingerprint density at radius 2 is 2.03 bits per heavy atom. The van der Waals surface area contributed by atoms with Crippen LogP contribution in [0.1, 0.15) is 33.0 Å². The van der Waals surface area contributed by atoms with E-state index in [0.29, 0.717) is 16.5 Å². The van der Waals surface area contributed by atoms with Crippen molar-refractivity contribution in [2.75, 3.05) is 16.9 Å². The molecule has 166 valence electrons. The average molecular weight is 476 g/mol. The Morgan fingerprint density at radius 3 is 2.79 bits per heavy atom. The molecule has 0 unspecified atom stereocenters. The zero-order chi connectivity index (χ0) is 22.7. The van der Waals surface area contributed by atoms with Gasteiger partial charge in [0.1, 0.15) is 5.54 Å². The quantitative estimate of drug-likeness (QED) is 0.548. The molecule has 0 radical (unpaired) electrons. The van der Waals surface area contributed by atoms with E-state index in [-0.39, 0.29) is 23.7 Å². The first-order valence-corrected chi connectivity index (χ1v) is 12.5. The van der Waals surface area contributed by atoms with Gasteiger partial charge in [0, 0.05) is 57.8 Å². The molecule has 5 nitrogen and oxygen atoms in total. The van der Waals surface area contributed by atoms with Crippen molar-refractivity contribution in [3.63, 3.8) is 0 Å². The highest BCUT2D eigenvalue weighted by molar-refractivity contribution is 7.99. The molecule has 4 atom stereocenters. The zero-order valence-corrected chi connectivity index (χ0v) is 19.6. The topological polar surface area (TPSA) is 62.3 Å². The fourth-order valence-corrected chi connectivity index (χ4v) is 7.39. The van der Waals surface area contributed by atoms with Crippen LogP contribution in [0.15, 0.2) is 67.0 Å². The van der Waals surface area contributed by atoms with Crippen molar-refractivity contribution in [3.05, 3.63) is 94.3 Å². The van der Waals surface area contributed by atoms with E-state index in [4.69, 9.17) is 11.6 Å². The number of benzene rings is 2. The summed E-state index contributed by atoms with van der Waals surface area (Å²) >= 11 is 8.01. The molecule has 2 fully saturated rings. The lowest BCUT2D eigenvalue weighted by molar-refractivity contribution is -0.127. The number of halogens is 1. The van der Waals surface area contributed by atoms with Crippen LogP contribution in [0, 0.1) is 12.8 Å². The SMILES string of the molecule is Cc1ccc2c(c1)[C@]1(C(=O)N2)[C@H](C(=O)c2cccnc2)[C@H](c2ccc(Cl)cc2)[C@@H]2CSCN21. The maximum Gasteiger partial charge on any atom is 0.250 e. The smallest absolute Gasteiger partial charge is 0.250 e. The van der Waals surface area contributed by atoms with Crippen molar-refractivity contribution in [1.82, 2.24) is 9.88 Å². The van der Waals surface area contributed by atoms with Gasteiger partial charge in [-0.1, -0.05) is 41.4 Å². The number of thioether (sulfide) groups is 1. The molecular formula is C26H22ClN3O2S. The number of fused-ring (bicyclic) bond motifs is 4. The minimum atomic E-state index is -1.06. The molecular weight excluding hydrogens is 454 g/mol. The van der Waals surface area contributed by atoms with Crippen molar-refractivity contribution < 1.29 is 9.59 Å². The number of aryl methyl sites for hydroxylation is 1. The Hall–Kier alpha value is -2.67. The first-order chi connectivity index (χ1) is 16.0. The first kappa shape index (κ1) is 20.9. The summed E-state index contributed by atoms with van der Waals surface area (Å²) in [7, 11) is 0. The minimum absolute atomic E-state index is 0.0491. The number of hydrogen-bond donors (Lipinski definition) is 1. The molecule has 1 N–H and O–H groups in total.